The highest BCUT2D eigenvalue weighted by Crippen LogP contribution is 2.28. The Kier molecular flexibility index (Phi) is 7.32. The summed E-state index contributed by atoms with van der Waals surface area (Å²) >= 11 is 0. The predicted octanol–water partition coefficient (Wildman–Crippen LogP) is 2.64. The first-order chi connectivity index (χ1) is 14.5. The molecular formula is C22H31N5O3. The Labute approximate surface area is 178 Å². The lowest BCUT2D eigenvalue weighted by Gasteiger charge is -2.29. The maximum Gasteiger partial charge on any atom is 0.224 e. The fraction of sp³-hybridized carbons (Fsp3) is 0.500. The molecule has 1 aliphatic carbocycles. The van der Waals surface area contributed by atoms with Crippen molar-refractivity contribution in [2.24, 2.45) is 0 Å². The molecule has 1 heterocycles. The Hall–Kier alpha value is -3.03. The van der Waals surface area contributed by atoms with E-state index in [1.807, 2.05) is 43.3 Å². The van der Waals surface area contributed by atoms with Crippen molar-refractivity contribution in [3.63, 3.8) is 0 Å². The smallest absolute Gasteiger partial charge is 0.224 e. The van der Waals surface area contributed by atoms with Gasteiger partial charge in [0.25, 0.3) is 0 Å². The molecule has 0 spiro atoms. The SMILES string of the molecule is COc1ccc(CC(=O)NC2CCC(Nc3nccc(N(C)C)n3)CC2)cc1OC. The summed E-state index contributed by atoms with van der Waals surface area (Å²) in [7, 11) is 7.11. The highest BCUT2D eigenvalue weighted by molar-refractivity contribution is 5.79. The number of amides is 1. The van der Waals surface area contributed by atoms with Crippen molar-refractivity contribution in [1.82, 2.24) is 15.3 Å². The molecule has 0 bridgehead atoms. The molecule has 1 aromatic heterocycles. The standard InChI is InChI=1S/C22H31N5O3/c1-27(2)20-11-12-23-22(26-20)25-17-8-6-16(7-9-17)24-21(28)14-15-5-10-18(29-3)19(13-15)30-4/h5,10-13,16-17H,6-9,14H2,1-4H3,(H,24,28)(H,23,25,26). The molecule has 2 aromatic rings. The van der Waals surface area contributed by atoms with Crippen molar-refractivity contribution in [1.29, 1.82) is 0 Å². The van der Waals surface area contributed by atoms with E-state index in [1.165, 1.54) is 0 Å². The molecule has 8 nitrogen and oxygen atoms in total. The largest absolute Gasteiger partial charge is 0.493 e. The van der Waals surface area contributed by atoms with E-state index < -0.39 is 0 Å². The lowest BCUT2D eigenvalue weighted by atomic mass is 9.91. The zero-order valence-electron chi connectivity index (χ0n) is 18.1. The molecule has 30 heavy (non-hydrogen) atoms. The van der Waals surface area contributed by atoms with Gasteiger partial charge in [-0.05, 0) is 49.4 Å². The Bertz CT molecular complexity index is 850. The molecule has 8 heteroatoms. The molecule has 1 aromatic carbocycles. The van der Waals surface area contributed by atoms with Gasteiger partial charge in [0.15, 0.2) is 11.5 Å². The van der Waals surface area contributed by atoms with E-state index in [2.05, 4.69) is 20.6 Å². The first kappa shape index (κ1) is 21.7. The number of nitrogens with one attached hydrogen (secondary N) is 2. The summed E-state index contributed by atoms with van der Waals surface area (Å²) < 4.78 is 10.6. The van der Waals surface area contributed by atoms with Crippen LogP contribution in [0.25, 0.3) is 0 Å². The Morgan fingerprint density at radius 3 is 2.43 bits per heavy atom. The number of hydrogen-bond donors (Lipinski definition) is 2. The number of carbonyl (C=O) groups excluding carboxylic acids is 1. The number of methoxy groups -OCH3 is 2. The van der Waals surface area contributed by atoms with Crippen LogP contribution >= 0.6 is 0 Å². The summed E-state index contributed by atoms with van der Waals surface area (Å²) in [6.07, 6.45) is 5.90. The molecule has 0 radical (unpaired) electrons. The number of aromatic nitrogens is 2. The second kappa shape index (κ2) is 10.1. The zero-order chi connectivity index (χ0) is 21.5. The highest BCUT2D eigenvalue weighted by Gasteiger charge is 2.23. The molecule has 1 amide bonds. The molecule has 2 N–H and O–H groups in total. The van der Waals surface area contributed by atoms with Crippen LogP contribution in [0.2, 0.25) is 0 Å². The van der Waals surface area contributed by atoms with E-state index in [0.717, 1.165) is 37.1 Å². The second-order valence-corrected chi connectivity index (χ2v) is 7.76. The number of anilines is 2. The van der Waals surface area contributed by atoms with Crippen LogP contribution in [0, 0.1) is 0 Å². The molecule has 0 unspecified atom stereocenters. The van der Waals surface area contributed by atoms with Gasteiger partial charge in [0, 0.05) is 32.4 Å². The van der Waals surface area contributed by atoms with Crippen LogP contribution in [0.4, 0.5) is 11.8 Å². The van der Waals surface area contributed by atoms with Gasteiger partial charge in [-0.25, -0.2) is 4.98 Å². The third kappa shape index (κ3) is 5.75. The third-order valence-corrected chi connectivity index (χ3v) is 5.34. The number of benzene rings is 1. The van der Waals surface area contributed by atoms with Crippen molar-refractivity contribution >= 4 is 17.7 Å². The topological polar surface area (TPSA) is 88.6 Å². The van der Waals surface area contributed by atoms with Gasteiger partial charge < -0.3 is 25.0 Å². The van der Waals surface area contributed by atoms with Crippen molar-refractivity contribution in [3.8, 4) is 11.5 Å². The first-order valence-electron chi connectivity index (χ1n) is 10.3. The maximum absolute atomic E-state index is 12.5. The summed E-state index contributed by atoms with van der Waals surface area (Å²) in [6, 6.07) is 7.97. The minimum atomic E-state index is 0.0284. The molecule has 0 saturated heterocycles. The van der Waals surface area contributed by atoms with Gasteiger partial charge in [-0.3, -0.25) is 4.79 Å². The van der Waals surface area contributed by atoms with Crippen molar-refractivity contribution < 1.29 is 14.3 Å². The molecule has 1 aliphatic rings. The lowest BCUT2D eigenvalue weighted by Crippen LogP contribution is -2.40. The fourth-order valence-electron chi connectivity index (χ4n) is 3.69. The van der Waals surface area contributed by atoms with Crippen LogP contribution in [0.1, 0.15) is 31.2 Å². The molecule has 3 rings (SSSR count). The van der Waals surface area contributed by atoms with Crippen LogP contribution in [-0.2, 0) is 11.2 Å². The van der Waals surface area contributed by atoms with Crippen molar-refractivity contribution in [2.75, 3.05) is 38.5 Å². The number of carbonyl (C=O) groups is 1. The van der Waals surface area contributed by atoms with Crippen LogP contribution in [0.15, 0.2) is 30.5 Å². The molecule has 1 saturated carbocycles. The predicted molar refractivity (Wildman–Crippen MR) is 117 cm³/mol. The van der Waals surface area contributed by atoms with E-state index in [9.17, 15) is 4.79 Å². The molecule has 0 aliphatic heterocycles. The quantitative estimate of drug-likeness (QED) is 0.688. The van der Waals surface area contributed by atoms with Gasteiger partial charge >= 0.3 is 0 Å². The average Bonchev–Trinajstić information content (AvgIpc) is 2.75. The van der Waals surface area contributed by atoms with Crippen molar-refractivity contribution in [2.45, 2.75) is 44.2 Å². The number of hydrogen-bond acceptors (Lipinski definition) is 7. The average molecular weight is 414 g/mol. The van der Waals surface area contributed by atoms with Gasteiger partial charge in [0.05, 0.1) is 20.6 Å². The minimum absolute atomic E-state index is 0.0284. The summed E-state index contributed by atoms with van der Waals surface area (Å²) in [4.78, 5) is 23.3. The van der Waals surface area contributed by atoms with Crippen LogP contribution in [0.3, 0.4) is 0 Å². The molecule has 1 fully saturated rings. The normalized spacial score (nSPS) is 18.4. The summed E-state index contributed by atoms with van der Waals surface area (Å²) in [5.41, 5.74) is 0.901. The summed E-state index contributed by atoms with van der Waals surface area (Å²) in [5, 5.41) is 6.59. The van der Waals surface area contributed by atoms with Gasteiger partial charge in [0.1, 0.15) is 5.82 Å². The summed E-state index contributed by atoms with van der Waals surface area (Å²) in [6.45, 7) is 0. The van der Waals surface area contributed by atoms with Gasteiger partial charge in [-0.15, -0.1) is 0 Å². The number of ether oxygens (including phenoxy) is 2. The van der Waals surface area contributed by atoms with E-state index in [0.29, 0.717) is 29.9 Å². The van der Waals surface area contributed by atoms with E-state index in [1.54, 1.807) is 20.4 Å². The molecule has 162 valence electrons. The third-order valence-electron chi connectivity index (χ3n) is 5.34. The first-order valence-corrected chi connectivity index (χ1v) is 10.3. The van der Waals surface area contributed by atoms with E-state index in [4.69, 9.17) is 9.47 Å². The van der Waals surface area contributed by atoms with Gasteiger partial charge in [-0.2, -0.15) is 4.98 Å². The van der Waals surface area contributed by atoms with Gasteiger partial charge in [-0.1, -0.05) is 6.07 Å². The maximum atomic E-state index is 12.5. The fourth-order valence-corrected chi connectivity index (χ4v) is 3.69. The van der Waals surface area contributed by atoms with Gasteiger partial charge in [0.2, 0.25) is 11.9 Å². The zero-order valence-corrected chi connectivity index (χ0v) is 18.1. The Morgan fingerprint density at radius 1 is 1.07 bits per heavy atom. The highest BCUT2D eigenvalue weighted by atomic mass is 16.5. The monoisotopic (exact) mass is 413 g/mol. The summed E-state index contributed by atoms with van der Waals surface area (Å²) in [5.74, 6) is 2.86. The van der Waals surface area contributed by atoms with Crippen LogP contribution < -0.4 is 25.0 Å². The Balaban J connectivity index is 1.46. The Morgan fingerprint density at radius 2 is 1.77 bits per heavy atom. The second-order valence-electron chi connectivity index (χ2n) is 7.76. The number of rotatable bonds is 8. The van der Waals surface area contributed by atoms with E-state index >= 15 is 0 Å². The van der Waals surface area contributed by atoms with Crippen molar-refractivity contribution in [3.05, 3.63) is 36.0 Å². The molecule has 0 atom stereocenters. The molecular weight excluding hydrogens is 382 g/mol. The minimum Gasteiger partial charge on any atom is -0.493 e. The number of nitrogens with zero attached hydrogens (tertiary/aromatic N) is 3. The lowest BCUT2D eigenvalue weighted by molar-refractivity contribution is -0.121. The van der Waals surface area contributed by atoms with Crippen LogP contribution in [-0.4, -0.2) is 56.3 Å². The van der Waals surface area contributed by atoms with E-state index in [-0.39, 0.29) is 11.9 Å². The van der Waals surface area contributed by atoms with Crippen LogP contribution in [0.5, 0.6) is 11.5 Å².